The van der Waals surface area contributed by atoms with Crippen LogP contribution in [-0.4, -0.2) is 52.7 Å². The Hall–Kier alpha value is -1.79. The molecule has 0 aromatic rings. The zero-order valence-corrected chi connectivity index (χ0v) is 11.2. The number of carboxylic acid groups (broad SMARTS) is 2. The molecule has 0 aliphatic heterocycles. The van der Waals surface area contributed by atoms with Crippen LogP contribution in [0.25, 0.3) is 0 Å². The molecule has 2 rings (SSSR count). The number of nitrogens with one attached hydrogen (secondary N) is 1. The SMILES string of the molecule is O=C(O)CN(CC(=O)O)C(=O)NCC(C1CC1)C1CC1. The predicted molar refractivity (Wildman–Crippen MR) is 69.2 cm³/mol. The quantitative estimate of drug-likeness (QED) is 0.605. The van der Waals surface area contributed by atoms with Gasteiger partial charge in [0.25, 0.3) is 0 Å². The first kappa shape index (κ1) is 14.6. The summed E-state index contributed by atoms with van der Waals surface area (Å²) in [7, 11) is 0. The summed E-state index contributed by atoms with van der Waals surface area (Å²) in [5.41, 5.74) is 0. The van der Waals surface area contributed by atoms with Crippen molar-refractivity contribution >= 4 is 18.0 Å². The van der Waals surface area contributed by atoms with E-state index in [1.807, 2.05) is 0 Å². The van der Waals surface area contributed by atoms with E-state index in [-0.39, 0.29) is 0 Å². The summed E-state index contributed by atoms with van der Waals surface area (Å²) in [6.45, 7) is -0.685. The van der Waals surface area contributed by atoms with Gasteiger partial charge in [0.05, 0.1) is 0 Å². The van der Waals surface area contributed by atoms with Crippen LogP contribution in [0.2, 0.25) is 0 Å². The Morgan fingerprint density at radius 3 is 1.80 bits per heavy atom. The fourth-order valence-corrected chi connectivity index (χ4v) is 2.61. The molecule has 2 aliphatic rings. The highest BCUT2D eigenvalue weighted by Crippen LogP contribution is 2.48. The number of hydrogen-bond acceptors (Lipinski definition) is 3. The normalized spacial score (nSPS) is 17.9. The molecule has 0 aromatic carbocycles. The highest BCUT2D eigenvalue weighted by atomic mass is 16.4. The summed E-state index contributed by atoms with van der Waals surface area (Å²) in [5.74, 6) is -0.620. The molecule has 0 aromatic heterocycles. The van der Waals surface area contributed by atoms with Crippen molar-refractivity contribution in [2.45, 2.75) is 25.7 Å². The average Bonchev–Trinajstić information content (AvgIpc) is 3.21. The van der Waals surface area contributed by atoms with E-state index >= 15 is 0 Å². The lowest BCUT2D eigenvalue weighted by Gasteiger charge is -2.22. The minimum atomic E-state index is -1.22. The molecule has 2 saturated carbocycles. The van der Waals surface area contributed by atoms with Crippen LogP contribution in [0.3, 0.4) is 0 Å². The number of aliphatic carboxylic acids is 2. The molecule has 0 atom stereocenters. The second-order valence-corrected chi connectivity index (χ2v) is 5.67. The van der Waals surface area contributed by atoms with Crippen LogP contribution < -0.4 is 5.32 Å². The van der Waals surface area contributed by atoms with Crippen LogP contribution >= 0.6 is 0 Å². The number of urea groups is 1. The third-order valence-electron chi connectivity index (χ3n) is 3.88. The monoisotopic (exact) mass is 284 g/mol. The number of amides is 2. The van der Waals surface area contributed by atoms with Crippen molar-refractivity contribution in [1.82, 2.24) is 10.2 Å². The van der Waals surface area contributed by atoms with Crippen LogP contribution in [-0.2, 0) is 9.59 Å². The number of carbonyl (C=O) groups is 3. The largest absolute Gasteiger partial charge is 0.480 e. The van der Waals surface area contributed by atoms with Gasteiger partial charge in [-0.25, -0.2) is 4.79 Å². The van der Waals surface area contributed by atoms with Gasteiger partial charge in [-0.1, -0.05) is 0 Å². The second-order valence-electron chi connectivity index (χ2n) is 5.67. The predicted octanol–water partition coefficient (Wildman–Crippen LogP) is 0.603. The van der Waals surface area contributed by atoms with Crippen molar-refractivity contribution in [3.05, 3.63) is 0 Å². The van der Waals surface area contributed by atoms with E-state index < -0.39 is 31.1 Å². The smallest absolute Gasteiger partial charge is 0.323 e. The van der Waals surface area contributed by atoms with Crippen LogP contribution in [0.4, 0.5) is 4.79 Å². The Morgan fingerprint density at radius 1 is 1.00 bits per heavy atom. The van der Waals surface area contributed by atoms with E-state index in [0.717, 1.165) is 4.90 Å². The van der Waals surface area contributed by atoms with Crippen molar-refractivity contribution in [3.63, 3.8) is 0 Å². The molecule has 0 saturated heterocycles. The molecule has 7 nitrogen and oxygen atoms in total. The highest BCUT2D eigenvalue weighted by molar-refractivity contribution is 5.84. The molecule has 20 heavy (non-hydrogen) atoms. The van der Waals surface area contributed by atoms with Gasteiger partial charge < -0.3 is 20.4 Å². The molecule has 2 amide bonds. The van der Waals surface area contributed by atoms with Crippen molar-refractivity contribution in [1.29, 1.82) is 0 Å². The third-order valence-corrected chi connectivity index (χ3v) is 3.88. The molecule has 0 heterocycles. The van der Waals surface area contributed by atoms with E-state index in [1.165, 1.54) is 25.7 Å². The van der Waals surface area contributed by atoms with Gasteiger partial charge in [0, 0.05) is 6.54 Å². The van der Waals surface area contributed by atoms with Crippen molar-refractivity contribution in [2.24, 2.45) is 17.8 Å². The number of rotatable bonds is 8. The van der Waals surface area contributed by atoms with E-state index in [2.05, 4.69) is 5.32 Å². The van der Waals surface area contributed by atoms with E-state index in [9.17, 15) is 14.4 Å². The highest BCUT2D eigenvalue weighted by Gasteiger charge is 2.41. The van der Waals surface area contributed by atoms with Gasteiger partial charge in [0.15, 0.2) is 0 Å². The van der Waals surface area contributed by atoms with Gasteiger partial charge in [-0.2, -0.15) is 0 Å². The van der Waals surface area contributed by atoms with Gasteiger partial charge in [0.1, 0.15) is 13.1 Å². The van der Waals surface area contributed by atoms with Gasteiger partial charge >= 0.3 is 18.0 Å². The number of carbonyl (C=O) groups excluding carboxylic acids is 1. The van der Waals surface area contributed by atoms with Crippen LogP contribution in [0.1, 0.15) is 25.7 Å². The zero-order valence-electron chi connectivity index (χ0n) is 11.2. The van der Waals surface area contributed by atoms with Gasteiger partial charge in [-0.3, -0.25) is 9.59 Å². The average molecular weight is 284 g/mol. The second kappa shape index (κ2) is 6.11. The van der Waals surface area contributed by atoms with E-state index in [0.29, 0.717) is 24.3 Å². The molecular formula is C13H20N2O5. The molecular weight excluding hydrogens is 264 g/mol. The fourth-order valence-electron chi connectivity index (χ4n) is 2.61. The molecule has 3 N–H and O–H groups in total. The Labute approximate surface area is 116 Å². The number of nitrogens with zero attached hydrogens (tertiary/aromatic N) is 1. The van der Waals surface area contributed by atoms with Crippen molar-refractivity contribution in [2.75, 3.05) is 19.6 Å². The third kappa shape index (κ3) is 4.40. The van der Waals surface area contributed by atoms with Gasteiger partial charge in [-0.05, 0) is 43.4 Å². The summed E-state index contributed by atoms with van der Waals surface area (Å²) < 4.78 is 0. The van der Waals surface area contributed by atoms with E-state index in [4.69, 9.17) is 10.2 Å². The van der Waals surface area contributed by atoms with Crippen molar-refractivity contribution < 1.29 is 24.6 Å². The number of hydrogen-bond donors (Lipinski definition) is 3. The maximum atomic E-state index is 11.9. The number of carboxylic acids is 2. The Morgan fingerprint density at radius 2 is 1.45 bits per heavy atom. The lowest BCUT2D eigenvalue weighted by molar-refractivity contribution is -0.140. The first-order valence-corrected chi connectivity index (χ1v) is 6.93. The first-order valence-electron chi connectivity index (χ1n) is 6.93. The van der Waals surface area contributed by atoms with Gasteiger partial charge in [-0.15, -0.1) is 0 Å². The zero-order chi connectivity index (χ0) is 14.7. The fraction of sp³-hybridized carbons (Fsp3) is 0.769. The molecule has 0 spiro atoms. The summed E-state index contributed by atoms with van der Waals surface area (Å²) in [5, 5.41) is 20.1. The topological polar surface area (TPSA) is 107 Å². The molecule has 2 aliphatic carbocycles. The maximum Gasteiger partial charge on any atom is 0.323 e. The summed E-state index contributed by atoms with van der Waals surface area (Å²) in [6.07, 6.45) is 4.80. The lowest BCUT2D eigenvalue weighted by Crippen LogP contribution is -2.46. The molecule has 0 bridgehead atoms. The van der Waals surface area contributed by atoms with Gasteiger partial charge in [0.2, 0.25) is 0 Å². The summed E-state index contributed by atoms with van der Waals surface area (Å²) in [4.78, 5) is 34.0. The van der Waals surface area contributed by atoms with E-state index in [1.54, 1.807) is 0 Å². The Kier molecular flexibility index (Phi) is 4.46. The molecule has 0 unspecified atom stereocenters. The molecule has 0 radical (unpaired) electrons. The lowest BCUT2D eigenvalue weighted by atomic mass is 9.98. The molecule has 112 valence electrons. The Balaban J connectivity index is 1.83. The minimum absolute atomic E-state index is 0.468. The van der Waals surface area contributed by atoms with Crippen LogP contribution in [0.5, 0.6) is 0 Å². The van der Waals surface area contributed by atoms with Crippen molar-refractivity contribution in [3.8, 4) is 0 Å². The molecule has 2 fully saturated rings. The molecule has 7 heteroatoms. The summed E-state index contributed by atoms with van der Waals surface area (Å²) in [6, 6.07) is -0.610. The van der Waals surface area contributed by atoms with Crippen LogP contribution in [0.15, 0.2) is 0 Å². The maximum absolute atomic E-state index is 11.9. The first-order chi connectivity index (χ1) is 9.47. The minimum Gasteiger partial charge on any atom is -0.480 e. The van der Waals surface area contributed by atoms with Crippen LogP contribution in [0, 0.1) is 17.8 Å². The summed E-state index contributed by atoms with van der Waals surface area (Å²) >= 11 is 0. The Bertz CT molecular complexity index is 376. The standard InChI is InChI=1S/C13H20N2O5/c16-11(17)6-15(7-12(18)19)13(20)14-5-10(8-1-2-8)9-3-4-9/h8-10H,1-7H2,(H,14,20)(H,16,17)(H,18,19).